The number of aromatic nitrogens is 1. The van der Waals surface area contributed by atoms with E-state index in [1.165, 1.54) is 11.3 Å². The third kappa shape index (κ3) is 2.33. The van der Waals surface area contributed by atoms with E-state index in [0.29, 0.717) is 0 Å². The molecule has 0 bridgehead atoms. The van der Waals surface area contributed by atoms with Crippen LogP contribution in [0.4, 0.5) is 0 Å². The molecule has 17 heavy (non-hydrogen) atoms. The normalized spacial score (nSPS) is 10.6. The summed E-state index contributed by atoms with van der Waals surface area (Å²) in [5.74, 6) is 0.923. The van der Waals surface area contributed by atoms with Crippen LogP contribution in [-0.4, -0.2) is 17.2 Å². The Morgan fingerprint density at radius 3 is 2.41 bits per heavy atom. The summed E-state index contributed by atoms with van der Waals surface area (Å²) in [6, 6.07) is 4.12. The van der Waals surface area contributed by atoms with Crippen molar-refractivity contribution < 1.29 is 9.84 Å². The molecule has 0 saturated carbocycles. The summed E-state index contributed by atoms with van der Waals surface area (Å²) in [6.07, 6.45) is 0. The molecule has 0 amide bonds. The number of thiazole rings is 1. The second-order valence-corrected chi connectivity index (χ2v) is 4.87. The van der Waals surface area contributed by atoms with Crippen molar-refractivity contribution in [2.45, 2.75) is 20.5 Å². The molecular formula is C13H15NO2S. The Hall–Kier alpha value is -1.39. The first kappa shape index (κ1) is 12.1. The lowest BCUT2D eigenvalue weighted by Gasteiger charge is -2.10. The van der Waals surface area contributed by atoms with Crippen LogP contribution < -0.4 is 4.74 Å². The number of aliphatic hydroxyl groups excluding tert-OH is 1. The number of benzene rings is 1. The molecule has 0 aliphatic carbocycles. The van der Waals surface area contributed by atoms with Crippen molar-refractivity contribution in [1.82, 2.24) is 4.98 Å². The minimum Gasteiger partial charge on any atom is -0.496 e. The molecule has 4 heteroatoms. The van der Waals surface area contributed by atoms with Crippen LogP contribution in [0.15, 0.2) is 17.5 Å². The molecule has 0 unspecified atom stereocenters. The van der Waals surface area contributed by atoms with Crippen molar-refractivity contribution in [3.63, 3.8) is 0 Å². The van der Waals surface area contributed by atoms with E-state index in [1.807, 2.05) is 19.2 Å². The maximum atomic E-state index is 9.02. The zero-order valence-electron chi connectivity index (χ0n) is 10.2. The average Bonchev–Trinajstić information content (AvgIpc) is 2.77. The van der Waals surface area contributed by atoms with Gasteiger partial charge in [0, 0.05) is 10.9 Å². The van der Waals surface area contributed by atoms with Crippen LogP contribution in [0, 0.1) is 13.8 Å². The van der Waals surface area contributed by atoms with Gasteiger partial charge in [-0.15, -0.1) is 11.3 Å². The molecule has 1 N–H and O–H groups in total. The lowest BCUT2D eigenvalue weighted by Crippen LogP contribution is -1.92. The highest BCUT2D eigenvalue weighted by Crippen LogP contribution is 2.30. The molecule has 0 saturated heterocycles. The first-order valence-electron chi connectivity index (χ1n) is 5.36. The first-order chi connectivity index (χ1) is 8.15. The first-order valence-corrected chi connectivity index (χ1v) is 6.24. The Morgan fingerprint density at radius 1 is 1.29 bits per heavy atom. The van der Waals surface area contributed by atoms with Crippen LogP contribution in [0.3, 0.4) is 0 Å². The standard InChI is InChI=1S/C13H15NO2S/c1-8-4-10(5-9(2)13(8)16-3)11-7-17-12(6-15)14-11/h4-5,7,15H,6H2,1-3H3. The summed E-state index contributed by atoms with van der Waals surface area (Å²) >= 11 is 1.47. The third-order valence-electron chi connectivity index (χ3n) is 2.65. The van der Waals surface area contributed by atoms with E-state index >= 15 is 0 Å². The molecule has 90 valence electrons. The lowest BCUT2D eigenvalue weighted by atomic mass is 10.0. The van der Waals surface area contributed by atoms with Gasteiger partial charge in [0.2, 0.25) is 0 Å². The zero-order chi connectivity index (χ0) is 12.4. The van der Waals surface area contributed by atoms with Gasteiger partial charge in [-0.2, -0.15) is 0 Å². The minimum atomic E-state index is -0.00120. The second-order valence-electron chi connectivity index (χ2n) is 3.93. The van der Waals surface area contributed by atoms with E-state index in [2.05, 4.69) is 17.1 Å². The number of nitrogens with zero attached hydrogens (tertiary/aromatic N) is 1. The molecular weight excluding hydrogens is 234 g/mol. The monoisotopic (exact) mass is 249 g/mol. The number of hydrogen-bond acceptors (Lipinski definition) is 4. The second kappa shape index (κ2) is 4.85. The molecule has 2 rings (SSSR count). The molecule has 2 aromatic rings. The van der Waals surface area contributed by atoms with E-state index in [9.17, 15) is 0 Å². The maximum absolute atomic E-state index is 9.02. The maximum Gasteiger partial charge on any atom is 0.124 e. The summed E-state index contributed by atoms with van der Waals surface area (Å²) in [6.45, 7) is 4.04. The fraction of sp³-hybridized carbons (Fsp3) is 0.308. The van der Waals surface area contributed by atoms with Gasteiger partial charge >= 0.3 is 0 Å². The van der Waals surface area contributed by atoms with Crippen LogP contribution >= 0.6 is 11.3 Å². The predicted octanol–water partition coefficient (Wildman–Crippen LogP) is 2.93. The van der Waals surface area contributed by atoms with Gasteiger partial charge in [-0.05, 0) is 37.1 Å². The fourth-order valence-corrected chi connectivity index (χ4v) is 2.60. The average molecular weight is 249 g/mol. The Kier molecular flexibility index (Phi) is 3.45. The smallest absolute Gasteiger partial charge is 0.124 e. The number of aryl methyl sites for hydroxylation is 2. The fourth-order valence-electron chi connectivity index (χ4n) is 1.94. The Balaban J connectivity index is 2.46. The van der Waals surface area contributed by atoms with Gasteiger partial charge in [0.15, 0.2) is 0 Å². The van der Waals surface area contributed by atoms with Crippen LogP contribution in [0.1, 0.15) is 16.1 Å². The van der Waals surface area contributed by atoms with Gasteiger partial charge in [0.05, 0.1) is 19.4 Å². The quantitative estimate of drug-likeness (QED) is 0.909. The molecule has 0 fully saturated rings. The van der Waals surface area contributed by atoms with Gasteiger partial charge in [-0.1, -0.05) is 0 Å². The van der Waals surface area contributed by atoms with E-state index in [4.69, 9.17) is 9.84 Å². The molecule has 0 aliphatic heterocycles. The molecule has 3 nitrogen and oxygen atoms in total. The van der Waals surface area contributed by atoms with Crippen molar-refractivity contribution in [2.24, 2.45) is 0 Å². The van der Waals surface area contributed by atoms with Gasteiger partial charge in [0.1, 0.15) is 10.8 Å². The molecule has 1 heterocycles. The summed E-state index contributed by atoms with van der Waals surface area (Å²) in [4.78, 5) is 4.36. The van der Waals surface area contributed by atoms with Crippen LogP contribution in [0.25, 0.3) is 11.3 Å². The van der Waals surface area contributed by atoms with Crippen molar-refractivity contribution in [3.05, 3.63) is 33.6 Å². The van der Waals surface area contributed by atoms with Crippen molar-refractivity contribution >= 4 is 11.3 Å². The van der Waals surface area contributed by atoms with Gasteiger partial charge in [0.25, 0.3) is 0 Å². The Bertz CT molecular complexity index is 511. The van der Waals surface area contributed by atoms with Gasteiger partial charge < -0.3 is 9.84 Å². The molecule has 0 radical (unpaired) electrons. The predicted molar refractivity (Wildman–Crippen MR) is 69.5 cm³/mol. The number of methoxy groups -OCH3 is 1. The minimum absolute atomic E-state index is 0.00120. The van der Waals surface area contributed by atoms with E-state index in [0.717, 1.165) is 33.1 Å². The number of rotatable bonds is 3. The van der Waals surface area contributed by atoms with E-state index in [-0.39, 0.29) is 6.61 Å². The zero-order valence-corrected chi connectivity index (χ0v) is 11.0. The van der Waals surface area contributed by atoms with Crippen LogP contribution in [-0.2, 0) is 6.61 Å². The molecule has 1 aromatic heterocycles. The highest BCUT2D eigenvalue weighted by atomic mass is 32.1. The highest BCUT2D eigenvalue weighted by Gasteiger charge is 2.09. The van der Waals surface area contributed by atoms with Crippen molar-refractivity contribution in [1.29, 1.82) is 0 Å². The molecule has 0 aliphatic rings. The number of hydrogen-bond donors (Lipinski definition) is 1. The van der Waals surface area contributed by atoms with Crippen molar-refractivity contribution in [3.8, 4) is 17.0 Å². The molecule has 0 atom stereocenters. The lowest BCUT2D eigenvalue weighted by molar-refractivity contribution is 0.281. The Morgan fingerprint density at radius 2 is 1.94 bits per heavy atom. The number of ether oxygens (including phenoxy) is 1. The number of aliphatic hydroxyl groups is 1. The summed E-state index contributed by atoms with van der Waals surface area (Å²) < 4.78 is 5.34. The summed E-state index contributed by atoms with van der Waals surface area (Å²) in [5, 5.41) is 11.7. The SMILES string of the molecule is COc1c(C)cc(-c2csc(CO)n2)cc1C. The summed E-state index contributed by atoms with van der Waals surface area (Å²) in [7, 11) is 1.68. The molecule has 1 aromatic carbocycles. The third-order valence-corrected chi connectivity index (χ3v) is 3.48. The van der Waals surface area contributed by atoms with Crippen LogP contribution in [0.2, 0.25) is 0 Å². The Labute approximate surface area is 105 Å². The topological polar surface area (TPSA) is 42.4 Å². The largest absolute Gasteiger partial charge is 0.496 e. The van der Waals surface area contributed by atoms with Gasteiger partial charge in [-0.3, -0.25) is 0 Å². The van der Waals surface area contributed by atoms with E-state index in [1.54, 1.807) is 7.11 Å². The van der Waals surface area contributed by atoms with Crippen molar-refractivity contribution in [2.75, 3.05) is 7.11 Å². The molecule has 0 spiro atoms. The van der Waals surface area contributed by atoms with Crippen LogP contribution in [0.5, 0.6) is 5.75 Å². The van der Waals surface area contributed by atoms with Gasteiger partial charge in [-0.25, -0.2) is 4.98 Å². The summed E-state index contributed by atoms with van der Waals surface area (Å²) in [5.41, 5.74) is 4.17. The highest BCUT2D eigenvalue weighted by molar-refractivity contribution is 7.09. The van der Waals surface area contributed by atoms with E-state index < -0.39 is 0 Å².